The van der Waals surface area contributed by atoms with E-state index in [1.54, 1.807) is 11.3 Å². The van der Waals surface area contributed by atoms with Crippen molar-refractivity contribution in [1.82, 2.24) is 14.5 Å². The molecular weight excluding hydrogens is 220 g/mol. The van der Waals surface area contributed by atoms with E-state index < -0.39 is 0 Å². The quantitative estimate of drug-likeness (QED) is 0.807. The van der Waals surface area contributed by atoms with Crippen molar-refractivity contribution in [3.8, 4) is 0 Å². The highest BCUT2D eigenvalue weighted by Gasteiger charge is 2.05. The number of thiazole rings is 1. The van der Waals surface area contributed by atoms with E-state index in [0.29, 0.717) is 0 Å². The first-order chi connectivity index (χ1) is 7.79. The van der Waals surface area contributed by atoms with Crippen molar-refractivity contribution in [3.63, 3.8) is 0 Å². The van der Waals surface area contributed by atoms with Crippen molar-refractivity contribution in [3.05, 3.63) is 41.1 Å². The molecule has 0 aliphatic rings. The predicted molar refractivity (Wildman–Crippen MR) is 66.9 cm³/mol. The van der Waals surface area contributed by atoms with Gasteiger partial charge in [0.15, 0.2) is 0 Å². The summed E-state index contributed by atoms with van der Waals surface area (Å²) in [6.45, 7) is 7.20. The van der Waals surface area contributed by atoms with E-state index in [1.165, 1.54) is 4.88 Å². The first kappa shape index (κ1) is 10.9. The van der Waals surface area contributed by atoms with Gasteiger partial charge in [-0.2, -0.15) is 0 Å². The molecule has 0 amide bonds. The Balaban J connectivity index is 2.15. The largest absolute Gasteiger partial charge is 0.352 e. The van der Waals surface area contributed by atoms with Gasteiger partial charge >= 0.3 is 0 Å². The SMILES string of the molecule is C=CCNc1nc(C)cn1Cc1cncs1. The van der Waals surface area contributed by atoms with E-state index in [-0.39, 0.29) is 0 Å². The molecule has 0 bridgehead atoms. The molecule has 1 N–H and O–H groups in total. The zero-order valence-corrected chi connectivity index (χ0v) is 10.00. The van der Waals surface area contributed by atoms with Gasteiger partial charge in [-0.05, 0) is 6.92 Å². The van der Waals surface area contributed by atoms with Gasteiger partial charge in [0.05, 0.1) is 17.7 Å². The summed E-state index contributed by atoms with van der Waals surface area (Å²) in [5.41, 5.74) is 2.85. The fraction of sp³-hybridized carbons (Fsp3) is 0.273. The number of rotatable bonds is 5. The molecule has 2 aromatic heterocycles. The Bertz CT molecular complexity index is 458. The van der Waals surface area contributed by atoms with Crippen LogP contribution in [0.5, 0.6) is 0 Å². The molecule has 4 nitrogen and oxygen atoms in total. The van der Waals surface area contributed by atoms with Crippen LogP contribution in [-0.4, -0.2) is 21.1 Å². The van der Waals surface area contributed by atoms with Crippen LogP contribution in [0.1, 0.15) is 10.6 Å². The Morgan fingerprint density at radius 1 is 1.62 bits per heavy atom. The van der Waals surface area contributed by atoms with Crippen LogP contribution in [0.2, 0.25) is 0 Å². The molecule has 0 fully saturated rings. The molecule has 0 radical (unpaired) electrons. The van der Waals surface area contributed by atoms with E-state index in [2.05, 4.69) is 26.4 Å². The molecule has 0 spiro atoms. The van der Waals surface area contributed by atoms with Crippen LogP contribution in [0.25, 0.3) is 0 Å². The van der Waals surface area contributed by atoms with Gasteiger partial charge in [-0.3, -0.25) is 4.98 Å². The Kier molecular flexibility index (Phi) is 3.36. The predicted octanol–water partition coefficient (Wildman–Crippen LogP) is 2.29. The molecule has 2 rings (SSSR count). The summed E-state index contributed by atoms with van der Waals surface area (Å²) in [6.07, 6.45) is 5.74. The molecule has 0 aliphatic heterocycles. The standard InChI is InChI=1S/C11H14N4S/c1-3-4-13-11-14-9(2)6-15(11)7-10-5-12-8-16-10/h3,5-6,8H,1,4,7H2,2H3,(H,13,14). The molecule has 2 heterocycles. The van der Waals surface area contributed by atoms with Crippen LogP contribution in [0.4, 0.5) is 5.95 Å². The Morgan fingerprint density at radius 3 is 3.19 bits per heavy atom. The van der Waals surface area contributed by atoms with Gasteiger partial charge in [0.1, 0.15) is 0 Å². The van der Waals surface area contributed by atoms with E-state index in [1.807, 2.05) is 30.9 Å². The third-order valence-electron chi connectivity index (χ3n) is 2.11. The van der Waals surface area contributed by atoms with Gasteiger partial charge in [0.2, 0.25) is 5.95 Å². The van der Waals surface area contributed by atoms with Crippen molar-refractivity contribution in [2.45, 2.75) is 13.5 Å². The minimum Gasteiger partial charge on any atom is -0.352 e. The second-order valence-corrected chi connectivity index (χ2v) is 4.44. The second kappa shape index (κ2) is 4.94. The van der Waals surface area contributed by atoms with Gasteiger partial charge < -0.3 is 9.88 Å². The lowest BCUT2D eigenvalue weighted by molar-refractivity contribution is 0.812. The molecule has 0 aliphatic carbocycles. The van der Waals surface area contributed by atoms with Crippen molar-refractivity contribution in [1.29, 1.82) is 0 Å². The fourth-order valence-electron chi connectivity index (χ4n) is 1.46. The van der Waals surface area contributed by atoms with Crippen molar-refractivity contribution >= 4 is 17.3 Å². The average molecular weight is 234 g/mol. The average Bonchev–Trinajstić information content (AvgIpc) is 2.86. The normalized spacial score (nSPS) is 10.3. The number of anilines is 1. The van der Waals surface area contributed by atoms with Crippen molar-refractivity contribution in [2.24, 2.45) is 0 Å². The minimum absolute atomic E-state index is 0.721. The summed E-state index contributed by atoms with van der Waals surface area (Å²) in [7, 11) is 0. The van der Waals surface area contributed by atoms with E-state index in [4.69, 9.17) is 0 Å². The number of nitrogens with one attached hydrogen (secondary N) is 1. The summed E-state index contributed by atoms with van der Waals surface area (Å²) in [5, 5.41) is 3.21. The smallest absolute Gasteiger partial charge is 0.203 e. The molecule has 0 saturated carbocycles. The van der Waals surface area contributed by atoms with Crippen LogP contribution < -0.4 is 5.32 Å². The minimum atomic E-state index is 0.721. The van der Waals surface area contributed by atoms with Crippen molar-refractivity contribution < 1.29 is 0 Å². The molecule has 2 aromatic rings. The van der Waals surface area contributed by atoms with E-state index in [0.717, 1.165) is 24.7 Å². The Labute approximate surface area is 98.7 Å². The lowest BCUT2D eigenvalue weighted by Gasteiger charge is -2.06. The summed E-state index contributed by atoms with van der Waals surface area (Å²) < 4.78 is 2.09. The van der Waals surface area contributed by atoms with Crippen LogP contribution in [-0.2, 0) is 6.54 Å². The van der Waals surface area contributed by atoms with Crippen LogP contribution >= 0.6 is 11.3 Å². The number of imidazole rings is 1. The summed E-state index contributed by atoms with van der Waals surface area (Å²) in [5.74, 6) is 0.880. The van der Waals surface area contributed by atoms with Crippen LogP contribution in [0.15, 0.2) is 30.6 Å². The van der Waals surface area contributed by atoms with Gasteiger partial charge in [-0.15, -0.1) is 17.9 Å². The number of aromatic nitrogens is 3. The highest BCUT2D eigenvalue weighted by Crippen LogP contribution is 2.14. The monoisotopic (exact) mass is 234 g/mol. The number of aryl methyl sites for hydroxylation is 1. The van der Waals surface area contributed by atoms with Gasteiger partial charge in [0, 0.05) is 23.8 Å². The third kappa shape index (κ3) is 2.49. The molecular formula is C11H14N4S. The number of nitrogens with zero attached hydrogens (tertiary/aromatic N) is 3. The molecule has 84 valence electrons. The van der Waals surface area contributed by atoms with Gasteiger partial charge in [-0.25, -0.2) is 4.98 Å². The topological polar surface area (TPSA) is 42.7 Å². The first-order valence-electron chi connectivity index (χ1n) is 5.05. The molecule has 0 atom stereocenters. The van der Waals surface area contributed by atoms with Crippen molar-refractivity contribution in [2.75, 3.05) is 11.9 Å². The van der Waals surface area contributed by atoms with Crippen LogP contribution in [0, 0.1) is 6.92 Å². The molecule has 0 unspecified atom stereocenters. The highest BCUT2D eigenvalue weighted by molar-refractivity contribution is 7.09. The maximum atomic E-state index is 4.42. The summed E-state index contributed by atoms with van der Waals surface area (Å²) in [6, 6.07) is 0. The molecule has 0 aromatic carbocycles. The van der Waals surface area contributed by atoms with Crippen LogP contribution in [0.3, 0.4) is 0 Å². The summed E-state index contributed by atoms with van der Waals surface area (Å²) in [4.78, 5) is 9.70. The lowest BCUT2D eigenvalue weighted by atomic mass is 10.5. The van der Waals surface area contributed by atoms with Gasteiger partial charge in [-0.1, -0.05) is 6.08 Å². The maximum Gasteiger partial charge on any atom is 0.203 e. The van der Waals surface area contributed by atoms with E-state index >= 15 is 0 Å². The number of hydrogen-bond acceptors (Lipinski definition) is 4. The fourth-order valence-corrected chi connectivity index (χ4v) is 2.05. The Morgan fingerprint density at radius 2 is 2.50 bits per heavy atom. The third-order valence-corrected chi connectivity index (χ3v) is 2.88. The highest BCUT2D eigenvalue weighted by atomic mass is 32.1. The maximum absolute atomic E-state index is 4.42. The zero-order valence-electron chi connectivity index (χ0n) is 9.18. The lowest BCUT2D eigenvalue weighted by Crippen LogP contribution is -2.07. The molecule has 0 saturated heterocycles. The summed E-state index contributed by atoms with van der Waals surface area (Å²) >= 11 is 1.65. The Hall–Kier alpha value is -1.62. The molecule has 16 heavy (non-hydrogen) atoms. The zero-order chi connectivity index (χ0) is 11.4. The van der Waals surface area contributed by atoms with E-state index in [9.17, 15) is 0 Å². The molecule has 5 heteroatoms. The van der Waals surface area contributed by atoms with Gasteiger partial charge in [0.25, 0.3) is 0 Å². The first-order valence-corrected chi connectivity index (χ1v) is 5.93. The number of hydrogen-bond donors (Lipinski definition) is 1. The second-order valence-electron chi connectivity index (χ2n) is 3.47.